The standard InChI is InChI=1S/C17H14N4/c1-21-6-2-3-12-7-16(14(9-18)8-17(12)21)13-4-5-15(10-19)20-11-13/h4-5,7-8,11H,2-3,6H2,1H3. The number of pyridine rings is 1. The molecule has 4 nitrogen and oxygen atoms in total. The van der Waals surface area contributed by atoms with Gasteiger partial charge in [0.2, 0.25) is 0 Å². The molecule has 0 aliphatic carbocycles. The van der Waals surface area contributed by atoms with Gasteiger partial charge >= 0.3 is 0 Å². The monoisotopic (exact) mass is 274 g/mol. The molecule has 2 heterocycles. The maximum absolute atomic E-state index is 9.43. The molecule has 1 aliphatic rings. The van der Waals surface area contributed by atoms with Gasteiger partial charge in [-0.25, -0.2) is 4.98 Å². The van der Waals surface area contributed by atoms with Gasteiger partial charge in [0.15, 0.2) is 0 Å². The summed E-state index contributed by atoms with van der Waals surface area (Å²) in [5, 5.41) is 18.2. The summed E-state index contributed by atoms with van der Waals surface area (Å²) in [5.41, 5.74) is 5.21. The Hall–Kier alpha value is -2.85. The number of rotatable bonds is 1. The van der Waals surface area contributed by atoms with Crippen LogP contribution >= 0.6 is 0 Å². The van der Waals surface area contributed by atoms with Gasteiger partial charge in [0.1, 0.15) is 11.8 Å². The number of hydrogen-bond donors (Lipinski definition) is 0. The third-order valence-electron chi connectivity index (χ3n) is 3.88. The van der Waals surface area contributed by atoms with Crippen LogP contribution in [0.25, 0.3) is 11.1 Å². The Balaban J connectivity index is 2.14. The molecule has 1 aliphatic heterocycles. The average molecular weight is 274 g/mol. The van der Waals surface area contributed by atoms with Gasteiger partial charge in [0, 0.05) is 36.6 Å². The molecule has 0 radical (unpaired) electrons. The molecular formula is C17H14N4. The first-order chi connectivity index (χ1) is 10.2. The Bertz CT molecular complexity index is 763. The summed E-state index contributed by atoms with van der Waals surface area (Å²) in [5.74, 6) is 0. The van der Waals surface area contributed by atoms with E-state index in [-0.39, 0.29) is 0 Å². The van der Waals surface area contributed by atoms with Crippen LogP contribution in [0.4, 0.5) is 5.69 Å². The van der Waals surface area contributed by atoms with Gasteiger partial charge in [-0.1, -0.05) is 0 Å². The molecular weight excluding hydrogens is 260 g/mol. The third kappa shape index (κ3) is 2.32. The predicted molar refractivity (Wildman–Crippen MR) is 80.7 cm³/mol. The van der Waals surface area contributed by atoms with Gasteiger partial charge in [0.25, 0.3) is 0 Å². The maximum Gasteiger partial charge on any atom is 0.140 e. The topological polar surface area (TPSA) is 63.7 Å². The second-order valence-corrected chi connectivity index (χ2v) is 5.21. The zero-order valence-corrected chi connectivity index (χ0v) is 11.8. The van der Waals surface area contributed by atoms with Gasteiger partial charge in [0.05, 0.1) is 11.6 Å². The Labute approximate surface area is 123 Å². The number of aromatic nitrogens is 1. The molecule has 0 bridgehead atoms. The number of nitriles is 2. The third-order valence-corrected chi connectivity index (χ3v) is 3.88. The minimum Gasteiger partial charge on any atom is -0.374 e. The van der Waals surface area contributed by atoms with Crippen molar-refractivity contribution in [2.75, 3.05) is 18.5 Å². The number of aryl methyl sites for hydroxylation is 1. The van der Waals surface area contributed by atoms with Gasteiger partial charge in [-0.3, -0.25) is 0 Å². The van der Waals surface area contributed by atoms with Crippen molar-refractivity contribution in [3.63, 3.8) is 0 Å². The van der Waals surface area contributed by atoms with E-state index < -0.39 is 0 Å². The quantitative estimate of drug-likeness (QED) is 0.802. The first-order valence-electron chi connectivity index (χ1n) is 6.87. The van der Waals surface area contributed by atoms with Gasteiger partial charge < -0.3 is 4.90 Å². The summed E-state index contributed by atoms with van der Waals surface area (Å²) in [6.07, 6.45) is 3.82. The molecule has 0 fully saturated rings. The highest BCUT2D eigenvalue weighted by Gasteiger charge is 2.17. The summed E-state index contributed by atoms with van der Waals surface area (Å²) >= 11 is 0. The van der Waals surface area contributed by atoms with E-state index in [1.54, 1.807) is 12.3 Å². The molecule has 0 spiro atoms. The number of fused-ring (bicyclic) bond motifs is 1. The molecule has 0 N–H and O–H groups in total. The number of anilines is 1. The summed E-state index contributed by atoms with van der Waals surface area (Å²) in [6, 6.07) is 11.9. The molecule has 1 aromatic heterocycles. The Kier molecular flexibility index (Phi) is 3.30. The van der Waals surface area contributed by atoms with Crippen LogP contribution in [-0.2, 0) is 6.42 Å². The molecule has 21 heavy (non-hydrogen) atoms. The van der Waals surface area contributed by atoms with E-state index in [9.17, 15) is 5.26 Å². The Morgan fingerprint density at radius 1 is 1.19 bits per heavy atom. The average Bonchev–Trinajstić information content (AvgIpc) is 2.54. The fourth-order valence-electron chi connectivity index (χ4n) is 2.77. The Morgan fingerprint density at radius 2 is 2.05 bits per heavy atom. The van der Waals surface area contributed by atoms with Crippen molar-refractivity contribution in [1.82, 2.24) is 4.98 Å². The second-order valence-electron chi connectivity index (χ2n) is 5.21. The fourth-order valence-corrected chi connectivity index (χ4v) is 2.77. The highest BCUT2D eigenvalue weighted by molar-refractivity contribution is 5.76. The van der Waals surface area contributed by atoms with Crippen molar-refractivity contribution in [1.29, 1.82) is 10.5 Å². The lowest BCUT2D eigenvalue weighted by Gasteiger charge is -2.28. The molecule has 0 amide bonds. The molecule has 102 valence electrons. The van der Waals surface area contributed by atoms with E-state index in [4.69, 9.17) is 5.26 Å². The van der Waals surface area contributed by atoms with Gasteiger partial charge in [-0.05, 0) is 42.7 Å². The minimum atomic E-state index is 0.384. The zero-order valence-electron chi connectivity index (χ0n) is 11.8. The van der Waals surface area contributed by atoms with Crippen LogP contribution < -0.4 is 4.90 Å². The lowest BCUT2D eigenvalue weighted by molar-refractivity contribution is 0.744. The molecule has 0 atom stereocenters. The molecule has 2 aromatic rings. The molecule has 1 aromatic carbocycles. The van der Waals surface area contributed by atoms with E-state index in [2.05, 4.69) is 29.1 Å². The predicted octanol–water partition coefficient (Wildman–Crippen LogP) is 2.87. The SMILES string of the molecule is CN1CCCc2cc(-c3ccc(C#N)nc3)c(C#N)cc21. The van der Waals surface area contributed by atoms with Crippen LogP contribution in [0.15, 0.2) is 30.5 Å². The van der Waals surface area contributed by atoms with Crippen molar-refractivity contribution in [3.8, 4) is 23.3 Å². The number of hydrogen-bond acceptors (Lipinski definition) is 4. The van der Waals surface area contributed by atoms with Crippen LogP contribution in [0.2, 0.25) is 0 Å². The van der Waals surface area contributed by atoms with E-state index in [1.807, 2.05) is 18.2 Å². The lowest BCUT2D eigenvalue weighted by Crippen LogP contribution is -2.24. The van der Waals surface area contributed by atoms with Crippen LogP contribution in [-0.4, -0.2) is 18.6 Å². The van der Waals surface area contributed by atoms with Crippen molar-refractivity contribution < 1.29 is 0 Å². The summed E-state index contributed by atoms with van der Waals surface area (Å²) in [6.45, 7) is 1.02. The number of benzene rings is 1. The van der Waals surface area contributed by atoms with Crippen molar-refractivity contribution >= 4 is 5.69 Å². The van der Waals surface area contributed by atoms with E-state index in [0.29, 0.717) is 11.3 Å². The van der Waals surface area contributed by atoms with Gasteiger partial charge in [-0.15, -0.1) is 0 Å². The maximum atomic E-state index is 9.43. The van der Waals surface area contributed by atoms with Crippen LogP contribution in [0.3, 0.4) is 0 Å². The highest BCUT2D eigenvalue weighted by Crippen LogP contribution is 2.33. The smallest absolute Gasteiger partial charge is 0.140 e. The van der Waals surface area contributed by atoms with E-state index in [0.717, 1.165) is 36.2 Å². The molecule has 3 rings (SSSR count). The van der Waals surface area contributed by atoms with Crippen molar-refractivity contribution in [2.45, 2.75) is 12.8 Å². The van der Waals surface area contributed by atoms with Crippen LogP contribution in [0, 0.1) is 22.7 Å². The van der Waals surface area contributed by atoms with Crippen LogP contribution in [0.5, 0.6) is 0 Å². The fraction of sp³-hybridized carbons (Fsp3) is 0.235. The van der Waals surface area contributed by atoms with Crippen molar-refractivity contribution in [3.05, 3.63) is 47.3 Å². The summed E-state index contributed by atoms with van der Waals surface area (Å²) in [4.78, 5) is 6.29. The normalized spacial score (nSPS) is 13.2. The highest BCUT2D eigenvalue weighted by atomic mass is 15.1. The largest absolute Gasteiger partial charge is 0.374 e. The summed E-state index contributed by atoms with van der Waals surface area (Å²) in [7, 11) is 2.06. The minimum absolute atomic E-state index is 0.384. The van der Waals surface area contributed by atoms with E-state index in [1.165, 1.54) is 5.56 Å². The molecule has 0 unspecified atom stereocenters. The first-order valence-corrected chi connectivity index (χ1v) is 6.87. The molecule has 0 saturated carbocycles. The number of nitrogens with zero attached hydrogens (tertiary/aromatic N) is 4. The summed E-state index contributed by atoms with van der Waals surface area (Å²) < 4.78 is 0. The molecule has 0 saturated heterocycles. The first kappa shape index (κ1) is 13.1. The zero-order chi connectivity index (χ0) is 14.8. The van der Waals surface area contributed by atoms with E-state index >= 15 is 0 Å². The van der Waals surface area contributed by atoms with Crippen LogP contribution in [0.1, 0.15) is 23.2 Å². The lowest BCUT2D eigenvalue weighted by atomic mass is 9.93. The van der Waals surface area contributed by atoms with Crippen molar-refractivity contribution in [2.24, 2.45) is 0 Å². The second kappa shape index (κ2) is 5.26. The molecule has 4 heteroatoms. The Morgan fingerprint density at radius 3 is 2.71 bits per heavy atom. The van der Waals surface area contributed by atoms with Gasteiger partial charge in [-0.2, -0.15) is 10.5 Å².